The van der Waals surface area contributed by atoms with Crippen molar-refractivity contribution in [2.45, 2.75) is 44.6 Å². The molecular formula is C21H21F4N5O3. The number of nitrogens with zero attached hydrogens (tertiary/aromatic N) is 4. The van der Waals surface area contributed by atoms with E-state index in [0.717, 1.165) is 13.0 Å². The molecule has 33 heavy (non-hydrogen) atoms. The van der Waals surface area contributed by atoms with E-state index in [-0.39, 0.29) is 22.6 Å². The van der Waals surface area contributed by atoms with E-state index < -0.39 is 41.4 Å². The van der Waals surface area contributed by atoms with Gasteiger partial charge in [0.25, 0.3) is 5.91 Å². The SMILES string of the molecule is COc1c([C@@H]2[C@@H](C(=O)Nc3ccn4nnnc4c3)O[C@](C)(C(F)(F)F)[C@@H]2C)ccc(F)c1C. The van der Waals surface area contributed by atoms with Crippen molar-refractivity contribution >= 4 is 17.2 Å². The van der Waals surface area contributed by atoms with Gasteiger partial charge in [0, 0.05) is 40.9 Å². The molecule has 0 saturated carbocycles. The summed E-state index contributed by atoms with van der Waals surface area (Å²) < 4.78 is 68.4. The Balaban J connectivity index is 1.76. The zero-order valence-electron chi connectivity index (χ0n) is 18.1. The second kappa shape index (κ2) is 7.94. The molecule has 1 aliphatic heterocycles. The number of hydrogen-bond donors (Lipinski definition) is 1. The van der Waals surface area contributed by atoms with Crippen molar-refractivity contribution < 1.29 is 31.8 Å². The molecule has 8 nitrogen and oxygen atoms in total. The summed E-state index contributed by atoms with van der Waals surface area (Å²) in [4.78, 5) is 13.2. The smallest absolute Gasteiger partial charge is 0.417 e. The molecule has 1 aliphatic rings. The van der Waals surface area contributed by atoms with Crippen LogP contribution < -0.4 is 10.1 Å². The number of nitrogens with one attached hydrogen (secondary N) is 1. The number of methoxy groups -OCH3 is 1. The highest BCUT2D eigenvalue weighted by Crippen LogP contribution is 2.55. The number of fused-ring (bicyclic) bond motifs is 1. The maximum absolute atomic E-state index is 14.1. The molecule has 1 saturated heterocycles. The minimum atomic E-state index is -4.76. The van der Waals surface area contributed by atoms with Gasteiger partial charge in [0.2, 0.25) is 0 Å². The predicted octanol–water partition coefficient (Wildman–Crippen LogP) is 3.66. The third-order valence-corrected chi connectivity index (χ3v) is 6.33. The van der Waals surface area contributed by atoms with Gasteiger partial charge in [0.15, 0.2) is 11.2 Å². The third kappa shape index (κ3) is 3.67. The summed E-state index contributed by atoms with van der Waals surface area (Å²) in [6, 6.07) is 5.45. The maximum Gasteiger partial charge on any atom is 0.417 e. The summed E-state index contributed by atoms with van der Waals surface area (Å²) >= 11 is 0. The van der Waals surface area contributed by atoms with Crippen LogP contribution in [0.15, 0.2) is 30.5 Å². The lowest BCUT2D eigenvalue weighted by Crippen LogP contribution is -2.47. The van der Waals surface area contributed by atoms with Crippen LogP contribution in [0.2, 0.25) is 0 Å². The van der Waals surface area contributed by atoms with Gasteiger partial charge in [-0.15, -0.1) is 5.10 Å². The average molecular weight is 467 g/mol. The Hall–Kier alpha value is -3.28. The molecule has 2 aromatic heterocycles. The first kappa shape index (κ1) is 22.9. The van der Waals surface area contributed by atoms with Crippen molar-refractivity contribution in [1.29, 1.82) is 0 Å². The lowest BCUT2D eigenvalue weighted by Gasteiger charge is -2.32. The molecule has 1 amide bonds. The van der Waals surface area contributed by atoms with Gasteiger partial charge in [-0.2, -0.15) is 13.2 Å². The molecule has 3 aromatic rings. The van der Waals surface area contributed by atoms with Crippen LogP contribution in [-0.2, 0) is 9.53 Å². The Labute approximate surface area is 185 Å². The van der Waals surface area contributed by atoms with Gasteiger partial charge in [-0.25, -0.2) is 8.91 Å². The number of anilines is 1. The van der Waals surface area contributed by atoms with Gasteiger partial charge in [0.05, 0.1) is 7.11 Å². The fourth-order valence-corrected chi connectivity index (χ4v) is 4.28. The molecule has 3 heterocycles. The fraction of sp³-hybridized carbons (Fsp3) is 0.429. The van der Waals surface area contributed by atoms with Crippen LogP contribution in [0, 0.1) is 18.7 Å². The van der Waals surface area contributed by atoms with Gasteiger partial charge in [-0.05, 0) is 36.4 Å². The Morgan fingerprint density at radius 1 is 1.30 bits per heavy atom. The molecule has 4 atom stereocenters. The summed E-state index contributed by atoms with van der Waals surface area (Å²) in [6.07, 6.45) is -4.79. The molecule has 1 fully saturated rings. The van der Waals surface area contributed by atoms with E-state index >= 15 is 0 Å². The first-order valence-electron chi connectivity index (χ1n) is 10.0. The van der Waals surface area contributed by atoms with Gasteiger partial charge in [-0.3, -0.25) is 4.79 Å². The molecular weight excluding hydrogens is 446 g/mol. The number of pyridine rings is 1. The molecule has 12 heteroatoms. The van der Waals surface area contributed by atoms with Crippen molar-refractivity contribution in [3.63, 3.8) is 0 Å². The molecule has 1 aromatic carbocycles. The number of rotatable bonds is 4. The van der Waals surface area contributed by atoms with E-state index in [0.29, 0.717) is 5.65 Å². The first-order valence-corrected chi connectivity index (χ1v) is 10.0. The normalized spacial score (nSPS) is 25.4. The van der Waals surface area contributed by atoms with Gasteiger partial charge in [0.1, 0.15) is 17.7 Å². The third-order valence-electron chi connectivity index (χ3n) is 6.33. The summed E-state index contributed by atoms with van der Waals surface area (Å²) in [6.45, 7) is 3.73. The topological polar surface area (TPSA) is 90.6 Å². The Kier molecular flexibility index (Phi) is 5.51. The highest BCUT2D eigenvalue weighted by atomic mass is 19.4. The quantitative estimate of drug-likeness (QED) is 0.589. The van der Waals surface area contributed by atoms with Crippen LogP contribution in [-0.4, -0.2) is 50.9 Å². The highest BCUT2D eigenvalue weighted by molar-refractivity contribution is 5.95. The van der Waals surface area contributed by atoms with Crippen molar-refractivity contribution in [2.75, 3.05) is 12.4 Å². The number of amides is 1. The van der Waals surface area contributed by atoms with Crippen LogP contribution in [0.3, 0.4) is 0 Å². The van der Waals surface area contributed by atoms with Gasteiger partial charge < -0.3 is 14.8 Å². The van der Waals surface area contributed by atoms with Crippen LogP contribution >= 0.6 is 0 Å². The number of benzene rings is 1. The summed E-state index contributed by atoms with van der Waals surface area (Å²) in [5, 5.41) is 13.6. The monoisotopic (exact) mass is 467 g/mol. The van der Waals surface area contributed by atoms with E-state index in [1.807, 2.05) is 0 Å². The predicted molar refractivity (Wildman–Crippen MR) is 108 cm³/mol. The number of carbonyl (C=O) groups excluding carboxylic acids is 1. The Bertz CT molecular complexity index is 1210. The number of ether oxygens (including phenoxy) is 2. The number of aromatic nitrogens is 4. The number of carbonyl (C=O) groups is 1. The zero-order valence-corrected chi connectivity index (χ0v) is 18.1. The summed E-state index contributed by atoms with van der Waals surface area (Å²) in [7, 11) is 1.30. The molecule has 0 radical (unpaired) electrons. The second-order valence-corrected chi connectivity index (χ2v) is 8.14. The van der Waals surface area contributed by atoms with E-state index in [1.54, 1.807) is 0 Å². The van der Waals surface area contributed by atoms with Crippen molar-refractivity contribution in [3.8, 4) is 5.75 Å². The minimum absolute atomic E-state index is 0.0793. The molecule has 176 valence electrons. The van der Waals surface area contributed by atoms with Crippen molar-refractivity contribution in [2.24, 2.45) is 5.92 Å². The number of alkyl halides is 3. The van der Waals surface area contributed by atoms with Gasteiger partial charge in [-0.1, -0.05) is 13.0 Å². The number of tetrazole rings is 1. The maximum atomic E-state index is 14.1. The van der Waals surface area contributed by atoms with Crippen LogP contribution in [0.4, 0.5) is 23.2 Å². The molecule has 0 unspecified atom stereocenters. The van der Waals surface area contributed by atoms with Crippen molar-refractivity contribution in [3.05, 3.63) is 47.4 Å². The lowest BCUT2D eigenvalue weighted by molar-refractivity contribution is -0.272. The second-order valence-electron chi connectivity index (χ2n) is 8.14. The summed E-state index contributed by atoms with van der Waals surface area (Å²) in [5.74, 6) is -3.53. The first-order chi connectivity index (χ1) is 15.5. The van der Waals surface area contributed by atoms with E-state index in [2.05, 4.69) is 20.8 Å². The van der Waals surface area contributed by atoms with Crippen LogP contribution in [0.5, 0.6) is 5.75 Å². The summed E-state index contributed by atoms with van der Waals surface area (Å²) in [5.41, 5.74) is -1.62. The fourth-order valence-electron chi connectivity index (χ4n) is 4.28. The molecule has 0 spiro atoms. The highest BCUT2D eigenvalue weighted by Gasteiger charge is 2.65. The van der Waals surface area contributed by atoms with E-state index in [1.165, 1.54) is 49.9 Å². The Morgan fingerprint density at radius 3 is 2.70 bits per heavy atom. The lowest BCUT2D eigenvalue weighted by atomic mass is 9.76. The molecule has 4 rings (SSSR count). The molecule has 1 N–H and O–H groups in total. The molecule has 0 bridgehead atoms. The van der Waals surface area contributed by atoms with Crippen LogP contribution in [0.1, 0.15) is 30.9 Å². The standard InChI is InChI=1S/C21H21F4N5O3/c1-10-14(22)6-5-13(17(10)32-4)16-11(2)20(3,21(23,24)25)33-18(16)19(31)26-12-7-8-30-15(9-12)27-28-29-30/h5-9,11,16,18H,1-4H3,(H,26,31)/t11-,16-,18+,20+/m1/s1. The van der Waals surface area contributed by atoms with Crippen LogP contribution in [0.25, 0.3) is 5.65 Å². The molecule has 0 aliphatic carbocycles. The minimum Gasteiger partial charge on any atom is -0.496 e. The van der Waals surface area contributed by atoms with Gasteiger partial charge >= 0.3 is 6.18 Å². The van der Waals surface area contributed by atoms with Crippen molar-refractivity contribution in [1.82, 2.24) is 20.0 Å². The van der Waals surface area contributed by atoms with E-state index in [9.17, 15) is 22.4 Å². The van der Waals surface area contributed by atoms with E-state index in [4.69, 9.17) is 9.47 Å². The largest absolute Gasteiger partial charge is 0.496 e. The zero-order chi connectivity index (χ0) is 24.1. The Morgan fingerprint density at radius 2 is 2.03 bits per heavy atom. The number of halogens is 4. The number of hydrogen-bond acceptors (Lipinski definition) is 6. The average Bonchev–Trinajstić information content (AvgIpc) is 3.32.